The van der Waals surface area contributed by atoms with Gasteiger partial charge in [0.05, 0.1) is 25.8 Å². The molecule has 4 nitrogen and oxygen atoms in total. The van der Waals surface area contributed by atoms with Crippen LogP contribution in [0.3, 0.4) is 0 Å². The molecule has 102 valence electrons. The number of benzene rings is 1. The molecule has 1 aromatic carbocycles. The van der Waals surface area contributed by atoms with Gasteiger partial charge in [-0.25, -0.2) is 0 Å². The molecule has 1 heterocycles. The fraction of sp³-hybridized carbons (Fsp3) is 0.357. The van der Waals surface area contributed by atoms with Crippen molar-refractivity contribution in [3.63, 3.8) is 0 Å². The van der Waals surface area contributed by atoms with Crippen LogP contribution in [0.2, 0.25) is 0 Å². The van der Waals surface area contributed by atoms with Gasteiger partial charge < -0.3 is 14.6 Å². The van der Waals surface area contributed by atoms with Gasteiger partial charge in [0.25, 0.3) is 0 Å². The highest BCUT2D eigenvalue weighted by Crippen LogP contribution is 2.28. The molecule has 0 aliphatic carbocycles. The molecule has 1 aromatic heterocycles. The van der Waals surface area contributed by atoms with Gasteiger partial charge >= 0.3 is 0 Å². The van der Waals surface area contributed by atoms with Gasteiger partial charge in [0, 0.05) is 17.5 Å². The van der Waals surface area contributed by atoms with E-state index in [1.165, 1.54) is 0 Å². The smallest absolute Gasteiger partial charge is 0.160 e. The zero-order chi connectivity index (χ0) is 13.7. The Bertz CT molecular complexity index is 513. The lowest BCUT2D eigenvalue weighted by Gasteiger charge is -2.12. The molecular formula is C14H17NO3S. The molecule has 1 atom stereocenters. The van der Waals surface area contributed by atoms with E-state index < -0.39 is 6.10 Å². The minimum absolute atomic E-state index is 0.418. The van der Waals surface area contributed by atoms with Crippen molar-refractivity contribution in [2.24, 2.45) is 0 Å². The third kappa shape index (κ3) is 3.68. The Balaban J connectivity index is 2.02. The fourth-order valence-electron chi connectivity index (χ4n) is 1.93. The van der Waals surface area contributed by atoms with E-state index in [1.807, 2.05) is 18.2 Å². The predicted octanol–water partition coefficient (Wildman–Crippen LogP) is 2.31. The molecule has 2 rings (SSSR count). The highest BCUT2D eigenvalue weighted by Gasteiger charge is 2.10. The van der Waals surface area contributed by atoms with E-state index >= 15 is 0 Å². The maximum Gasteiger partial charge on any atom is 0.160 e. The summed E-state index contributed by atoms with van der Waals surface area (Å²) in [5.41, 5.74) is 2.80. The highest BCUT2D eigenvalue weighted by molar-refractivity contribution is 7.09. The number of rotatable bonds is 6. The Kier molecular flexibility index (Phi) is 4.76. The van der Waals surface area contributed by atoms with Crippen LogP contribution >= 0.6 is 11.3 Å². The Morgan fingerprint density at radius 2 is 2.00 bits per heavy atom. The second kappa shape index (κ2) is 6.54. The van der Waals surface area contributed by atoms with Crippen molar-refractivity contribution in [3.8, 4) is 11.5 Å². The van der Waals surface area contributed by atoms with Crippen molar-refractivity contribution in [3.05, 3.63) is 40.3 Å². The number of hydrogen-bond donors (Lipinski definition) is 1. The van der Waals surface area contributed by atoms with Crippen LogP contribution < -0.4 is 9.47 Å². The molecule has 1 N–H and O–H groups in total. The van der Waals surface area contributed by atoms with Crippen LogP contribution in [0.5, 0.6) is 11.5 Å². The molecule has 1 unspecified atom stereocenters. The summed E-state index contributed by atoms with van der Waals surface area (Å²) in [5.74, 6) is 1.38. The molecular weight excluding hydrogens is 262 g/mol. The number of aromatic nitrogens is 1. The molecule has 0 aliphatic rings. The number of methoxy groups -OCH3 is 2. The summed E-state index contributed by atoms with van der Waals surface area (Å²) in [6, 6.07) is 5.69. The van der Waals surface area contributed by atoms with Gasteiger partial charge in [-0.1, -0.05) is 6.07 Å². The normalized spacial score (nSPS) is 12.2. The van der Waals surface area contributed by atoms with Crippen molar-refractivity contribution in [1.82, 2.24) is 4.98 Å². The number of aliphatic hydroxyl groups is 1. The van der Waals surface area contributed by atoms with Crippen molar-refractivity contribution < 1.29 is 14.6 Å². The molecule has 0 amide bonds. The molecule has 0 radical (unpaired) electrons. The van der Waals surface area contributed by atoms with Crippen LogP contribution in [0.25, 0.3) is 0 Å². The van der Waals surface area contributed by atoms with E-state index in [0.29, 0.717) is 24.3 Å². The van der Waals surface area contributed by atoms with Crippen LogP contribution in [-0.2, 0) is 12.8 Å². The van der Waals surface area contributed by atoms with Crippen molar-refractivity contribution >= 4 is 11.3 Å². The maximum absolute atomic E-state index is 10.1. The molecule has 0 spiro atoms. The molecule has 0 bridgehead atoms. The Labute approximate surface area is 116 Å². The van der Waals surface area contributed by atoms with Crippen LogP contribution in [-0.4, -0.2) is 30.4 Å². The molecule has 0 saturated carbocycles. The Morgan fingerprint density at radius 1 is 1.21 bits per heavy atom. The number of thiazole rings is 1. The van der Waals surface area contributed by atoms with Gasteiger partial charge in [-0.05, 0) is 24.1 Å². The number of ether oxygens (including phenoxy) is 2. The zero-order valence-electron chi connectivity index (χ0n) is 11.0. The number of aliphatic hydroxyl groups excluding tert-OH is 1. The molecule has 0 fully saturated rings. The van der Waals surface area contributed by atoms with Gasteiger partial charge in [0.15, 0.2) is 11.5 Å². The molecule has 2 aromatic rings. The van der Waals surface area contributed by atoms with Gasteiger partial charge in [0.1, 0.15) is 0 Å². The van der Waals surface area contributed by atoms with Gasteiger partial charge in [-0.15, -0.1) is 11.3 Å². The standard InChI is InChI=1S/C14H17NO3S/c1-17-13-4-3-10(6-14(13)18-2)5-11(16)7-12-8-15-9-19-12/h3-4,6,8-9,11,16H,5,7H2,1-2H3. The van der Waals surface area contributed by atoms with Crippen molar-refractivity contribution in [2.75, 3.05) is 14.2 Å². The Morgan fingerprint density at radius 3 is 2.63 bits per heavy atom. The van der Waals surface area contributed by atoms with Gasteiger partial charge in [-0.3, -0.25) is 4.98 Å². The summed E-state index contributed by atoms with van der Waals surface area (Å²) in [6.07, 6.45) is 2.58. The van der Waals surface area contributed by atoms with E-state index in [4.69, 9.17) is 9.47 Å². The molecule has 0 saturated heterocycles. The molecule has 19 heavy (non-hydrogen) atoms. The first-order valence-electron chi connectivity index (χ1n) is 5.99. The summed E-state index contributed by atoms with van der Waals surface area (Å²) in [7, 11) is 3.21. The first-order chi connectivity index (χ1) is 9.22. The van der Waals surface area contributed by atoms with Gasteiger partial charge in [0.2, 0.25) is 0 Å². The summed E-state index contributed by atoms with van der Waals surface area (Å²) in [4.78, 5) is 5.09. The third-order valence-electron chi connectivity index (χ3n) is 2.84. The van der Waals surface area contributed by atoms with Crippen molar-refractivity contribution in [1.29, 1.82) is 0 Å². The minimum Gasteiger partial charge on any atom is -0.493 e. The third-order valence-corrected chi connectivity index (χ3v) is 3.64. The quantitative estimate of drug-likeness (QED) is 0.881. The summed E-state index contributed by atoms with van der Waals surface area (Å²) in [6.45, 7) is 0. The maximum atomic E-state index is 10.1. The minimum atomic E-state index is -0.418. The zero-order valence-corrected chi connectivity index (χ0v) is 11.8. The topological polar surface area (TPSA) is 51.6 Å². The van der Waals surface area contributed by atoms with E-state index in [0.717, 1.165) is 10.4 Å². The Hall–Kier alpha value is -1.59. The predicted molar refractivity (Wildman–Crippen MR) is 75.1 cm³/mol. The molecule has 5 heteroatoms. The van der Waals surface area contributed by atoms with E-state index in [9.17, 15) is 5.11 Å². The van der Waals surface area contributed by atoms with Crippen LogP contribution in [0.15, 0.2) is 29.9 Å². The van der Waals surface area contributed by atoms with Crippen LogP contribution in [0.4, 0.5) is 0 Å². The number of hydrogen-bond acceptors (Lipinski definition) is 5. The average Bonchev–Trinajstić information content (AvgIpc) is 2.91. The summed E-state index contributed by atoms with van der Waals surface area (Å²) in [5, 5.41) is 10.1. The van der Waals surface area contributed by atoms with E-state index in [2.05, 4.69) is 4.98 Å². The first-order valence-corrected chi connectivity index (χ1v) is 6.87. The van der Waals surface area contributed by atoms with E-state index in [1.54, 1.807) is 37.3 Å². The second-order valence-electron chi connectivity index (χ2n) is 4.22. The lowest BCUT2D eigenvalue weighted by Crippen LogP contribution is -2.13. The lowest BCUT2D eigenvalue weighted by molar-refractivity contribution is 0.176. The van der Waals surface area contributed by atoms with Gasteiger partial charge in [-0.2, -0.15) is 0 Å². The molecule has 0 aliphatic heterocycles. The second-order valence-corrected chi connectivity index (χ2v) is 5.19. The monoisotopic (exact) mass is 279 g/mol. The van der Waals surface area contributed by atoms with Crippen molar-refractivity contribution in [2.45, 2.75) is 18.9 Å². The van der Waals surface area contributed by atoms with Crippen LogP contribution in [0, 0.1) is 0 Å². The fourth-order valence-corrected chi connectivity index (χ4v) is 2.59. The highest BCUT2D eigenvalue weighted by atomic mass is 32.1. The SMILES string of the molecule is COc1ccc(CC(O)Cc2cncs2)cc1OC. The number of nitrogens with zero attached hydrogens (tertiary/aromatic N) is 1. The van der Waals surface area contributed by atoms with E-state index in [-0.39, 0.29) is 0 Å². The lowest BCUT2D eigenvalue weighted by atomic mass is 10.0. The van der Waals surface area contributed by atoms with Crippen LogP contribution in [0.1, 0.15) is 10.4 Å². The summed E-state index contributed by atoms with van der Waals surface area (Å²) < 4.78 is 10.4. The largest absolute Gasteiger partial charge is 0.493 e. The first kappa shape index (κ1) is 13.8. The average molecular weight is 279 g/mol. The summed E-state index contributed by atoms with van der Waals surface area (Å²) >= 11 is 1.56.